The monoisotopic (exact) mass is 364 g/mol. The summed E-state index contributed by atoms with van der Waals surface area (Å²) >= 11 is 0. The quantitative estimate of drug-likeness (QED) is 0.589. The minimum atomic E-state index is -0.222. The van der Waals surface area contributed by atoms with Crippen LogP contribution in [0.25, 0.3) is 21.8 Å². The van der Waals surface area contributed by atoms with Crippen molar-refractivity contribution in [3.8, 4) is 0 Å². The predicted octanol–water partition coefficient (Wildman–Crippen LogP) is 2.23. The maximum absolute atomic E-state index is 12.7. The number of hydrogen-bond acceptors (Lipinski definition) is 4. The lowest BCUT2D eigenvalue weighted by molar-refractivity contribution is -0.122. The number of carbonyl (C=O) groups excluding carboxylic acids is 1. The largest absolute Gasteiger partial charge is 0.469 e. The average Bonchev–Trinajstić information content (AvgIpc) is 3.25. The summed E-state index contributed by atoms with van der Waals surface area (Å²) < 4.78 is 8.38. The first-order valence-electron chi connectivity index (χ1n) is 8.79. The first-order valence-corrected chi connectivity index (χ1v) is 8.79. The van der Waals surface area contributed by atoms with Gasteiger partial charge in [0.2, 0.25) is 5.91 Å². The third-order valence-electron chi connectivity index (χ3n) is 4.66. The molecule has 3 aromatic heterocycles. The number of nitrogens with one attached hydrogen (secondary N) is 1. The Hall–Kier alpha value is -3.35. The van der Waals surface area contributed by atoms with Crippen molar-refractivity contribution in [3.05, 3.63) is 65.0 Å². The number of furan rings is 1. The van der Waals surface area contributed by atoms with Gasteiger partial charge in [-0.3, -0.25) is 9.59 Å². The second kappa shape index (κ2) is 6.75. The molecule has 7 nitrogen and oxygen atoms in total. The van der Waals surface area contributed by atoms with Crippen molar-refractivity contribution in [3.63, 3.8) is 0 Å². The molecule has 0 saturated carbocycles. The normalized spacial score (nSPS) is 12.5. The minimum absolute atomic E-state index is 0.0613. The van der Waals surface area contributed by atoms with E-state index in [-0.39, 0.29) is 24.1 Å². The summed E-state index contributed by atoms with van der Waals surface area (Å²) in [5, 5.41) is 8.76. The van der Waals surface area contributed by atoms with E-state index in [2.05, 4.69) is 10.4 Å². The Morgan fingerprint density at radius 2 is 2.04 bits per heavy atom. The van der Waals surface area contributed by atoms with Gasteiger partial charge in [-0.15, -0.1) is 0 Å². The molecular weight excluding hydrogens is 344 g/mol. The predicted molar refractivity (Wildman–Crippen MR) is 102 cm³/mol. The van der Waals surface area contributed by atoms with Crippen molar-refractivity contribution >= 4 is 27.7 Å². The van der Waals surface area contributed by atoms with E-state index in [0.717, 1.165) is 22.0 Å². The highest BCUT2D eigenvalue weighted by atomic mass is 16.3. The molecule has 7 heteroatoms. The highest BCUT2D eigenvalue weighted by Crippen LogP contribution is 2.26. The molecular formula is C20H20N4O3. The number of benzene rings is 1. The molecule has 0 radical (unpaired) electrons. The van der Waals surface area contributed by atoms with Gasteiger partial charge in [-0.2, -0.15) is 5.10 Å². The number of hydrogen-bond donors (Lipinski definition) is 1. The molecule has 1 amide bonds. The lowest BCUT2D eigenvalue weighted by atomic mass is 10.2. The SMILES string of the molecule is CC(Cc1ccco1)NC(=O)Cn1c2ccccc2c2cnn(C)c(=O)c21. The number of aromatic nitrogens is 3. The molecule has 4 aromatic rings. The molecule has 27 heavy (non-hydrogen) atoms. The Balaban J connectivity index is 1.67. The third-order valence-corrected chi connectivity index (χ3v) is 4.66. The van der Waals surface area contributed by atoms with Gasteiger partial charge in [0.1, 0.15) is 17.8 Å². The minimum Gasteiger partial charge on any atom is -0.469 e. The van der Waals surface area contributed by atoms with E-state index in [1.807, 2.05) is 43.3 Å². The summed E-state index contributed by atoms with van der Waals surface area (Å²) in [4.78, 5) is 25.3. The Morgan fingerprint density at radius 3 is 2.81 bits per heavy atom. The average molecular weight is 364 g/mol. The van der Waals surface area contributed by atoms with Crippen molar-refractivity contribution in [2.24, 2.45) is 7.05 Å². The summed E-state index contributed by atoms with van der Waals surface area (Å²) in [6, 6.07) is 11.3. The van der Waals surface area contributed by atoms with Gasteiger partial charge in [-0.25, -0.2) is 4.68 Å². The summed E-state index contributed by atoms with van der Waals surface area (Å²) in [6.45, 7) is 1.99. The van der Waals surface area contributed by atoms with E-state index in [9.17, 15) is 9.59 Å². The number of rotatable bonds is 5. The maximum atomic E-state index is 12.7. The molecule has 0 spiro atoms. The van der Waals surface area contributed by atoms with E-state index >= 15 is 0 Å². The number of nitrogens with zero attached hydrogens (tertiary/aromatic N) is 3. The van der Waals surface area contributed by atoms with Crippen molar-refractivity contribution < 1.29 is 9.21 Å². The van der Waals surface area contributed by atoms with E-state index < -0.39 is 0 Å². The topological polar surface area (TPSA) is 82.1 Å². The van der Waals surface area contributed by atoms with Crippen LogP contribution in [-0.2, 0) is 24.8 Å². The van der Waals surface area contributed by atoms with Gasteiger partial charge in [0.25, 0.3) is 5.56 Å². The van der Waals surface area contributed by atoms with Crippen LogP contribution in [0.4, 0.5) is 0 Å². The molecule has 1 aromatic carbocycles. The van der Waals surface area contributed by atoms with E-state index in [1.54, 1.807) is 24.1 Å². The Morgan fingerprint density at radius 1 is 1.22 bits per heavy atom. The van der Waals surface area contributed by atoms with Gasteiger partial charge in [0.15, 0.2) is 0 Å². The molecule has 0 fully saturated rings. The van der Waals surface area contributed by atoms with Crippen LogP contribution in [-0.4, -0.2) is 26.3 Å². The molecule has 1 unspecified atom stereocenters. The van der Waals surface area contributed by atoms with Crippen LogP contribution < -0.4 is 10.9 Å². The smallest absolute Gasteiger partial charge is 0.291 e. The standard InChI is InChI=1S/C20H20N4O3/c1-13(10-14-6-5-9-27-14)22-18(25)12-24-17-8-4-3-7-15(17)16-11-21-23(2)20(26)19(16)24/h3-9,11,13H,10,12H2,1-2H3,(H,22,25). The molecule has 0 saturated heterocycles. The second-order valence-electron chi connectivity index (χ2n) is 6.69. The first kappa shape index (κ1) is 17.1. The van der Waals surface area contributed by atoms with E-state index in [0.29, 0.717) is 11.9 Å². The summed E-state index contributed by atoms with van der Waals surface area (Å²) in [5.41, 5.74) is 1.11. The molecule has 0 aliphatic carbocycles. The summed E-state index contributed by atoms with van der Waals surface area (Å²) in [6.07, 6.45) is 3.90. The fourth-order valence-electron chi connectivity index (χ4n) is 3.45. The maximum Gasteiger partial charge on any atom is 0.291 e. The summed E-state index contributed by atoms with van der Waals surface area (Å²) in [7, 11) is 1.61. The van der Waals surface area contributed by atoms with Crippen LogP contribution in [0, 0.1) is 0 Å². The number of para-hydroxylation sites is 1. The second-order valence-corrected chi connectivity index (χ2v) is 6.69. The van der Waals surface area contributed by atoms with Gasteiger partial charge in [0.05, 0.1) is 12.5 Å². The molecule has 1 atom stereocenters. The van der Waals surface area contributed by atoms with Crippen LogP contribution >= 0.6 is 0 Å². The Bertz CT molecular complexity index is 1170. The highest BCUT2D eigenvalue weighted by molar-refractivity contribution is 6.07. The van der Waals surface area contributed by atoms with Crippen LogP contribution in [0.15, 0.2) is 58.1 Å². The van der Waals surface area contributed by atoms with Crippen LogP contribution in [0.1, 0.15) is 12.7 Å². The van der Waals surface area contributed by atoms with Crippen molar-refractivity contribution in [2.45, 2.75) is 25.9 Å². The zero-order valence-corrected chi connectivity index (χ0v) is 15.2. The van der Waals surface area contributed by atoms with E-state index in [4.69, 9.17) is 4.42 Å². The fourth-order valence-corrected chi connectivity index (χ4v) is 3.45. The highest BCUT2D eigenvalue weighted by Gasteiger charge is 2.18. The molecule has 0 aliphatic heterocycles. The van der Waals surface area contributed by atoms with Crippen LogP contribution in [0.2, 0.25) is 0 Å². The van der Waals surface area contributed by atoms with Crippen LogP contribution in [0.3, 0.4) is 0 Å². The zero-order chi connectivity index (χ0) is 19.0. The molecule has 3 heterocycles. The lowest BCUT2D eigenvalue weighted by Crippen LogP contribution is -2.36. The number of amides is 1. The van der Waals surface area contributed by atoms with Crippen molar-refractivity contribution in [1.29, 1.82) is 0 Å². The Labute approximate surface area is 155 Å². The molecule has 1 N–H and O–H groups in total. The molecule has 4 rings (SSSR count). The third kappa shape index (κ3) is 3.12. The number of fused-ring (bicyclic) bond motifs is 3. The van der Waals surface area contributed by atoms with Gasteiger partial charge in [0, 0.05) is 35.8 Å². The van der Waals surface area contributed by atoms with Gasteiger partial charge in [-0.05, 0) is 25.1 Å². The fraction of sp³-hybridized carbons (Fsp3) is 0.250. The molecule has 0 aliphatic rings. The molecule has 138 valence electrons. The van der Waals surface area contributed by atoms with Gasteiger partial charge >= 0.3 is 0 Å². The lowest BCUT2D eigenvalue weighted by Gasteiger charge is -2.14. The summed E-state index contributed by atoms with van der Waals surface area (Å²) in [5.74, 6) is 0.662. The van der Waals surface area contributed by atoms with Gasteiger partial charge < -0.3 is 14.3 Å². The van der Waals surface area contributed by atoms with Gasteiger partial charge in [-0.1, -0.05) is 18.2 Å². The van der Waals surface area contributed by atoms with Crippen molar-refractivity contribution in [1.82, 2.24) is 19.7 Å². The number of aryl methyl sites for hydroxylation is 1. The Kier molecular flexibility index (Phi) is 4.27. The zero-order valence-electron chi connectivity index (χ0n) is 15.2. The van der Waals surface area contributed by atoms with E-state index in [1.165, 1.54) is 4.68 Å². The molecule has 0 bridgehead atoms. The van der Waals surface area contributed by atoms with Crippen LogP contribution in [0.5, 0.6) is 0 Å². The first-order chi connectivity index (χ1) is 13.0. The number of carbonyl (C=O) groups is 1. The van der Waals surface area contributed by atoms with Crippen molar-refractivity contribution in [2.75, 3.05) is 0 Å².